The average Bonchev–Trinajstić information content (AvgIpc) is 2.62. The Morgan fingerprint density at radius 2 is 1.88 bits per heavy atom. The molecule has 1 aliphatic heterocycles. The Hall–Kier alpha value is -2.77. The molecule has 0 bridgehead atoms. The van der Waals surface area contributed by atoms with Gasteiger partial charge in [0.2, 0.25) is 11.8 Å². The summed E-state index contributed by atoms with van der Waals surface area (Å²) in [5.74, 6) is -0.346. The van der Waals surface area contributed by atoms with Crippen molar-refractivity contribution in [3.8, 4) is 11.5 Å². The van der Waals surface area contributed by atoms with Crippen LogP contribution in [0.3, 0.4) is 0 Å². The monoisotopic (exact) mass is 358 g/mol. The van der Waals surface area contributed by atoms with Gasteiger partial charge < -0.3 is 9.84 Å². The van der Waals surface area contributed by atoms with Crippen LogP contribution < -0.4 is 15.4 Å². The van der Waals surface area contributed by atoms with E-state index in [0.29, 0.717) is 18.0 Å². The first kappa shape index (κ1) is 18.0. The zero-order valence-electron chi connectivity index (χ0n) is 14.0. The first-order chi connectivity index (χ1) is 12.5. The second-order valence-electron chi connectivity index (χ2n) is 6.18. The molecule has 1 heterocycles. The fourth-order valence-corrected chi connectivity index (χ4v) is 2.78. The molecule has 7 heteroatoms. The molecule has 1 unspecified atom stereocenters. The van der Waals surface area contributed by atoms with E-state index in [0.717, 1.165) is 5.56 Å². The van der Waals surface area contributed by atoms with Crippen LogP contribution in [0.1, 0.15) is 18.4 Å². The molecule has 1 aliphatic rings. The SMILES string of the molecule is O=C1CCC(CO)(NCc2cccc(Oc3cccc(F)c3)c2)C(=O)N1. The molecule has 26 heavy (non-hydrogen) atoms. The van der Waals surface area contributed by atoms with Crippen LogP contribution in [-0.2, 0) is 16.1 Å². The molecule has 0 aromatic heterocycles. The lowest BCUT2D eigenvalue weighted by Crippen LogP contribution is -2.63. The molecular formula is C19H19FN2O4. The number of amides is 2. The average molecular weight is 358 g/mol. The Morgan fingerprint density at radius 1 is 1.15 bits per heavy atom. The molecule has 0 saturated carbocycles. The van der Waals surface area contributed by atoms with Crippen molar-refractivity contribution in [1.29, 1.82) is 0 Å². The van der Waals surface area contributed by atoms with Gasteiger partial charge in [-0.1, -0.05) is 18.2 Å². The van der Waals surface area contributed by atoms with E-state index in [1.807, 2.05) is 6.07 Å². The maximum atomic E-state index is 13.2. The Bertz CT molecular complexity index is 827. The summed E-state index contributed by atoms with van der Waals surface area (Å²) in [6.07, 6.45) is 0.398. The third-order valence-corrected chi connectivity index (χ3v) is 4.30. The van der Waals surface area contributed by atoms with Gasteiger partial charge in [0.15, 0.2) is 0 Å². The highest BCUT2D eigenvalue weighted by Crippen LogP contribution is 2.24. The Balaban J connectivity index is 1.68. The van der Waals surface area contributed by atoms with Crippen LogP contribution in [0.2, 0.25) is 0 Å². The minimum atomic E-state index is -1.19. The highest BCUT2D eigenvalue weighted by molar-refractivity contribution is 6.02. The fraction of sp³-hybridized carbons (Fsp3) is 0.263. The van der Waals surface area contributed by atoms with E-state index in [9.17, 15) is 19.1 Å². The van der Waals surface area contributed by atoms with E-state index in [1.54, 1.807) is 30.3 Å². The summed E-state index contributed by atoms with van der Waals surface area (Å²) in [4.78, 5) is 23.4. The minimum Gasteiger partial charge on any atom is -0.457 e. The molecule has 1 atom stereocenters. The molecule has 3 N–H and O–H groups in total. The van der Waals surface area contributed by atoms with E-state index in [-0.39, 0.29) is 24.6 Å². The number of rotatable bonds is 6. The second-order valence-corrected chi connectivity index (χ2v) is 6.18. The normalized spacial score (nSPS) is 19.9. The number of carbonyl (C=O) groups excluding carboxylic acids is 2. The van der Waals surface area contributed by atoms with Gasteiger partial charge in [-0.2, -0.15) is 0 Å². The number of hydrogen-bond donors (Lipinski definition) is 3. The number of piperidine rings is 1. The van der Waals surface area contributed by atoms with Gasteiger partial charge in [-0.25, -0.2) is 4.39 Å². The molecule has 2 amide bonds. The molecule has 1 fully saturated rings. The van der Waals surface area contributed by atoms with E-state index < -0.39 is 18.1 Å². The summed E-state index contributed by atoms with van der Waals surface area (Å²) in [6.45, 7) is -0.117. The number of aliphatic hydroxyl groups is 1. The summed E-state index contributed by atoms with van der Waals surface area (Å²) in [5, 5.41) is 14.9. The molecule has 2 aromatic rings. The molecule has 0 aliphatic carbocycles. The van der Waals surface area contributed by atoms with Crippen LogP contribution in [-0.4, -0.2) is 29.1 Å². The van der Waals surface area contributed by atoms with Gasteiger partial charge in [0, 0.05) is 19.0 Å². The van der Waals surface area contributed by atoms with E-state index in [2.05, 4.69) is 10.6 Å². The van der Waals surface area contributed by atoms with Crippen molar-refractivity contribution in [3.63, 3.8) is 0 Å². The van der Waals surface area contributed by atoms with Crippen LogP contribution in [0.5, 0.6) is 11.5 Å². The first-order valence-electron chi connectivity index (χ1n) is 8.23. The van der Waals surface area contributed by atoms with Crippen LogP contribution >= 0.6 is 0 Å². The second kappa shape index (κ2) is 7.63. The number of carbonyl (C=O) groups is 2. The number of halogens is 1. The Morgan fingerprint density at radius 3 is 2.58 bits per heavy atom. The van der Waals surface area contributed by atoms with Crippen molar-refractivity contribution in [2.75, 3.05) is 6.61 Å². The lowest BCUT2D eigenvalue weighted by molar-refractivity contribution is -0.140. The van der Waals surface area contributed by atoms with Crippen molar-refractivity contribution in [3.05, 3.63) is 59.9 Å². The van der Waals surface area contributed by atoms with E-state index >= 15 is 0 Å². The summed E-state index contributed by atoms with van der Waals surface area (Å²) in [7, 11) is 0. The molecule has 0 radical (unpaired) electrons. The topological polar surface area (TPSA) is 87.7 Å². The van der Waals surface area contributed by atoms with Crippen molar-refractivity contribution >= 4 is 11.8 Å². The number of aliphatic hydroxyl groups excluding tert-OH is 1. The molecule has 3 rings (SSSR count). The van der Waals surface area contributed by atoms with Crippen molar-refractivity contribution in [2.24, 2.45) is 0 Å². The summed E-state index contributed by atoms with van der Waals surface area (Å²) in [5.41, 5.74) is -0.371. The van der Waals surface area contributed by atoms with Crippen LogP contribution in [0.15, 0.2) is 48.5 Å². The lowest BCUT2D eigenvalue weighted by atomic mass is 9.89. The van der Waals surface area contributed by atoms with Gasteiger partial charge in [-0.05, 0) is 36.2 Å². The third kappa shape index (κ3) is 4.07. The van der Waals surface area contributed by atoms with Gasteiger partial charge in [0.1, 0.15) is 22.9 Å². The molecular weight excluding hydrogens is 339 g/mol. The zero-order valence-corrected chi connectivity index (χ0v) is 14.0. The van der Waals surface area contributed by atoms with Crippen LogP contribution in [0, 0.1) is 5.82 Å². The minimum absolute atomic E-state index is 0.169. The molecule has 6 nitrogen and oxygen atoms in total. The highest BCUT2D eigenvalue weighted by atomic mass is 19.1. The number of imide groups is 1. The smallest absolute Gasteiger partial charge is 0.249 e. The largest absolute Gasteiger partial charge is 0.457 e. The number of benzene rings is 2. The van der Waals surface area contributed by atoms with Crippen LogP contribution in [0.4, 0.5) is 4.39 Å². The van der Waals surface area contributed by atoms with Crippen LogP contribution in [0.25, 0.3) is 0 Å². The predicted octanol–water partition coefficient (Wildman–Crippen LogP) is 1.88. The summed E-state index contributed by atoms with van der Waals surface area (Å²) >= 11 is 0. The first-order valence-corrected chi connectivity index (χ1v) is 8.23. The predicted molar refractivity (Wildman–Crippen MR) is 92.0 cm³/mol. The van der Waals surface area contributed by atoms with Gasteiger partial charge in [-0.3, -0.25) is 20.2 Å². The van der Waals surface area contributed by atoms with Gasteiger partial charge in [0.05, 0.1) is 6.61 Å². The Labute approximate surface area is 150 Å². The Kier molecular flexibility index (Phi) is 5.29. The molecule has 2 aromatic carbocycles. The van der Waals surface area contributed by atoms with Crippen molar-refractivity contribution in [1.82, 2.24) is 10.6 Å². The van der Waals surface area contributed by atoms with Gasteiger partial charge >= 0.3 is 0 Å². The number of hydrogen-bond acceptors (Lipinski definition) is 5. The number of ether oxygens (including phenoxy) is 1. The van der Waals surface area contributed by atoms with E-state index in [4.69, 9.17) is 4.74 Å². The van der Waals surface area contributed by atoms with Gasteiger partial charge in [0.25, 0.3) is 0 Å². The van der Waals surface area contributed by atoms with Crippen molar-refractivity contribution in [2.45, 2.75) is 24.9 Å². The lowest BCUT2D eigenvalue weighted by Gasteiger charge is -2.34. The van der Waals surface area contributed by atoms with E-state index in [1.165, 1.54) is 12.1 Å². The molecule has 1 saturated heterocycles. The fourth-order valence-electron chi connectivity index (χ4n) is 2.78. The number of nitrogens with one attached hydrogen (secondary N) is 2. The van der Waals surface area contributed by atoms with Crippen molar-refractivity contribution < 1.29 is 23.8 Å². The highest BCUT2D eigenvalue weighted by Gasteiger charge is 2.41. The molecule has 136 valence electrons. The maximum absolute atomic E-state index is 13.2. The maximum Gasteiger partial charge on any atom is 0.249 e. The third-order valence-electron chi connectivity index (χ3n) is 4.30. The standard InChI is InChI=1S/C19H19FN2O4/c20-14-4-2-6-16(10-14)26-15-5-1-3-13(9-15)11-21-19(12-23)8-7-17(24)22-18(19)25/h1-6,9-10,21,23H,7-8,11-12H2,(H,22,24,25). The zero-order chi connectivity index (χ0) is 18.6. The molecule has 0 spiro atoms. The summed E-state index contributed by atoms with van der Waals surface area (Å²) in [6, 6.07) is 12.9. The van der Waals surface area contributed by atoms with Gasteiger partial charge in [-0.15, -0.1) is 0 Å². The summed E-state index contributed by atoms with van der Waals surface area (Å²) < 4.78 is 18.9. The quantitative estimate of drug-likeness (QED) is 0.686.